The molecule has 0 fully saturated rings. The van der Waals surface area contributed by atoms with E-state index in [1.165, 1.54) is 0 Å². The Morgan fingerprint density at radius 1 is 1.35 bits per heavy atom. The molecule has 3 N–H and O–H groups in total. The number of aromatic nitrogens is 1. The Morgan fingerprint density at radius 3 is 2.77 bits per heavy atom. The first-order valence-electron chi connectivity index (χ1n) is 7.89. The number of fused-ring (bicyclic) bond motifs is 1. The highest BCUT2D eigenvalue weighted by atomic mass is 32.1. The minimum Gasteiger partial charge on any atom is -0.383 e. The fourth-order valence-corrected chi connectivity index (χ4v) is 2.74. The number of H-pyrrole nitrogens is 1. The van der Waals surface area contributed by atoms with Crippen LogP contribution in [0.4, 0.5) is 0 Å². The van der Waals surface area contributed by atoms with E-state index in [0.717, 1.165) is 16.5 Å². The van der Waals surface area contributed by atoms with Crippen molar-refractivity contribution in [2.24, 2.45) is 0 Å². The Morgan fingerprint density at radius 2 is 2.08 bits per heavy atom. The number of hydrogen-bond donors (Lipinski definition) is 4. The quantitative estimate of drug-likeness (QED) is 0.222. The van der Waals surface area contributed by atoms with Gasteiger partial charge in [-0.2, -0.15) is 4.79 Å². The van der Waals surface area contributed by atoms with Crippen LogP contribution in [0.1, 0.15) is 18.4 Å². The number of thiol groups is 1. The number of hydrogen-bond acceptors (Lipinski definition) is 4. The van der Waals surface area contributed by atoms with Crippen molar-refractivity contribution < 1.29 is 24.3 Å². The van der Waals surface area contributed by atoms with Crippen LogP contribution < -0.4 is 5.32 Å². The molecule has 2 rings (SSSR count). The van der Waals surface area contributed by atoms with Crippen LogP contribution in [0, 0.1) is 0 Å². The average Bonchev–Trinajstić information content (AvgIpc) is 3.01. The second kappa shape index (κ2) is 9.10. The summed E-state index contributed by atoms with van der Waals surface area (Å²) in [5.74, 6) is -1.23. The van der Waals surface area contributed by atoms with Crippen molar-refractivity contribution in [3.8, 4) is 0 Å². The first kappa shape index (κ1) is 19.6. The Labute approximate surface area is 154 Å². The van der Waals surface area contributed by atoms with E-state index in [0.29, 0.717) is 6.21 Å². The van der Waals surface area contributed by atoms with E-state index < -0.39 is 29.0 Å². The largest absolute Gasteiger partial charge is 0.383 e. The Hall–Kier alpha value is -2.74. The minimum absolute atomic E-state index is 0.0151. The summed E-state index contributed by atoms with van der Waals surface area (Å²) in [5.41, 5.74) is 9.95. The van der Waals surface area contributed by atoms with Gasteiger partial charge in [-0.15, -0.1) is 12.6 Å². The molecule has 1 amide bonds. The van der Waals surface area contributed by atoms with Gasteiger partial charge < -0.3 is 20.9 Å². The van der Waals surface area contributed by atoms with Crippen LogP contribution in [0.2, 0.25) is 0 Å². The normalized spacial score (nSPS) is 12.8. The second-order valence-electron chi connectivity index (χ2n) is 5.73. The van der Waals surface area contributed by atoms with Gasteiger partial charge in [-0.3, -0.25) is 14.4 Å². The van der Waals surface area contributed by atoms with Gasteiger partial charge in [0.15, 0.2) is 0 Å². The molecule has 1 heterocycles. The van der Waals surface area contributed by atoms with E-state index in [2.05, 4.69) is 27.7 Å². The number of ketones is 1. The van der Waals surface area contributed by atoms with Gasteiger partial charge in [0.25, 0.3) is 0 Å². The number of Topliss-reactive ketones (excluding diaryl/α,β-unsaturated/α-hetero) is 1. The van der Waals surface area contributed by atoms with Crippen LogP contribution in [0.5, 0.6) is 0 Å². The van der Waals surface area contributed by atoms with Crippen LogP contribution in [-0.4, -0.2) is 50.0 Å². The average molecular weight is 374 g/mol. The van der Waals surface area contributed by atoms with Gasteiger partial charge in [0, 0.05) is 29.9 Å². The highest BCUT2D eigenvalue weighted by Crippen LogP contribution is 2.19. The third-order valence-corrected chi connectivity index (χ3v) is 4.20. The molecule has 8 nitrogen and oxygen atoms in total. The van der Waals surface area contributed by atoms with Crippen LogP contribution in [0.25, 0.3) is 16.4 Å². The smallest absolute Gasteiger partial charge is 0.323 e. The molecule has 0 radical (unpaired) electrons. The molecule has 0 saturated heterocycles. The molecule has 0 spiro atoms. The predicted octanol–water partition coefficient (Wildman–Crippen LogP) is 0.662. The number of para-hydroxylation sites is 1. The summed E-state index contributed by atoms with van der Waals surface area (Å²) >= 11 is 3.69. The fourth-order valence-electron chi connectivity index (χ4n) is 2.54. The van der Waals surface area contributed by atoms with E-state index in [1.807, 2.05) is 24.3 Å². The highest BCUT2D eigenvalue weighted by molar-refractivity contribution is 7.96. The molecule has 0 bridgehead atoms. The molecular formula is C17H18N4O4S. The third-order valence-electron chi connectivity index (χ3n) is 3.89. The van der Waals surface area contributed by atoms with Gasteiger partial charge in [0.05, 0.1) is 6.04 Å². The number of benzene rings is 1. The fraction of sp³-hybridized carbons (Fsp3) is 0.294. The van der Waals surface area contributed by atoms with Gasteiger partial charge >= 0.3 is 6.21 Å². The summed E-state index contributed by atoms with van der Waals surface area (Å²) in [6.45, 7) is 0. The molecule has 136 valence electrons. The zero-order valence-corrected chi connectivity index (χ0v) is 14.6. The summed E-state index contributed by atoms with van der Waals surface area (Å²) in [7, 11) is 0. The molecule has 0 aliphatic heterocycles. The Kier molecular flexibility index (Phi) is 6.85. The molecule has 9 heteroatoms. The predicted molar refractivity (Wildman–Crippen MR) is 97.9 cm³/mol. The molecule has 2 aromatic rings. The van der Waals surface area contributed by atoms with Gasteiger partial charge in [-0.1, -0.05) is 18.2 Å². The third kappa shape index (κ3) is 5.13. The maximum Gasteiger partial charge on any atom is 0.323 e. The molecular weight excluding hydrogens is 356 g/mol. The first-order chi connectivity index (χ1) is 12.4. The van der Waals surface area contributed by atoms with Gasteiger partial charge in [-0.05, 0) is 18.1 Å². The number of aliphatic hydroxyl groups is 1. The van der Waals surface area contributed by atoms with Crippen molar-refractivity contribution in [3.63, 3.8) is 0 Å². The summed E-state index contributed by atoms with van der Waals surface area (Å²) in [5, 5.41) is 12.8. The molecule has 0 aliphatic carbocycles. The Balaban J connectivity index is 1.98. The lowest BCUT2D eigenvalue weighted by atomic mass is 10.1. The molecule has 0 aliphatic rings. The highest BCUT2D eigenvalue weighted by Gasteiger charge is 2.24. The molecule has 0 unspecified atom stereocenters. The Bertz CT molecular complexity index is 873. The van der Waals surface area contributed by atoms with Crippen LogP contribution in [0.3, 0.4) is 0 Å². The monoisotopic (exact) mass is 374 g/mol. The number of rotatable bonds is 9. The zero-order chi connectivity index (χ0) is 19.1. The van der Waals surface area contributed by atoms with Crippen LogP contribution >= 0.6 is 12.6 Å². The van der Waals surface area contributed by atoms with E-state index >= 15 is 0 Å². The number of amides is 1. The number of nitrogens with zero attached hydrogens (tertiary/aromatic N) is 2. The standard InChI is InChI=1S/C17H18N4O4S/c18-20-9-11(22)5-6-14(17(25)26)21-16(24)15(23)7-10-8-19-13-4-2-1-3-12(10)13/h1-4,8-9,14-15,19,23H,5-7H2,(H,21,24)(H,25,26)/t14-,15-/m0/s1. The maximum absolute atomic E-state index is 12.2. The molecule has 1 aromatic carbocycles. The summed E-state index contributed by atoms with van der Waals surface area (Å²) in [6, 6.07) is 6.46. The summed E-state index contributed by atoms with van der Waals surface area (Å²) < 4.78 is 0. The number of nitrogens with one attached hydrogen (secondary N) is 2. The second-order valence-corrected chi connectivity index (χ2v) is 6.17. The van der Waals surface area contributed by atoms with Crippen LogP contribution in [0.15, 0.2) is 30.5 Å². The summed E-state index contributed by atoms with van der Waals surface area (Å²) in [4.78, 5) is 40.7. The minimum atomic E-state index is -1.36. The number of carbonyl (C=O) groups is 3. The van der Waals surface area contributed by atoms with E-state index in [1.54, 1.807) is 6.20 Å². The molecule has 2 atom stereocenters. The zero-order valence-electron chi connectivity index (χ0n) is 13.8. The van der Waals surface area contributed by atoms with Crippen molar-refractivity contribution in [1.29, 1.82) is 0 Å². The number of carbonyl (C=O) groups excluding carboxylic acids is 3. The van der Waals surface area contributed by atoms with Crippen molar-refractivity contribution in [2.75, 3.05) is 0 Å². The van der Waals surface area contributed by atoms with E-state index in [-0.39, 0.29) is 19.3 Å². The number of aromatic amines is 1. The van der Waals surface area contributed by atoms with Gasteiger partial charge in [-0.25, -0.2) is 0 Å². The van der Waals surface area contributed by atoms with Gasteiger partial charge in [0.2, 0.25) is 16.8 Å². The maximum atomic E-state index is 12.2. The lowest BCUT2D eigenvalue weighted by Gasteiger charge is -2.17. The van der Waals surface area contributed by atoms with Crippen molar-refractivity contribution >= 4 is 46.6 Å². The van der Waals surface area contributed by atoms with Crippen molar-refractivity contribution in [1.82, 2.24) is 10.3 Å². The molecule has 26 heavy (non-hydrogen) atoms. The van der Waals surface area contributed by atoms with Crippen LogP contribution in [-0.2, 0) is 20.8 Å². The topological polar surface area (TPSA) is 136 Å². The van der Waals surface area contributed by atoms with Crippen molar-refractivity contribution in [3.05, 3.63) is 41.6 Å². The SMILES string of the molecule is [N-]=[N+]=CC(=O)CC[C@H](NC(=O)[C@@H](O)Cc1c[nH]c2ccccc12)C(=O)S. The molecule has 0 saturated carbocycles. The van der Waals surface area contributed by atoms with E-state index in [9.17, 15) is 19.5 Å². The lowest BCUT2D eigenvalue weighted by molar-refractivity contribution is -0.132. The van der Waals surface area contributed by atoms with Crippen molar-refractivity contribution in [2.45, 2.75) is 31.4 Å². The lowest BCUT2D eigenvalue weighted by Crippen LogP contribution is -2.45. The first-order valence-corrected chi connectivity index (χ1v) is 8.33. The number of aliphatic hydroxyl groups excluding tert-OH is 1. The summed E-state index contributed by atoms with van der Waals surface area (Å²) in [6.07, 6.45) is 1.01. The molecule has 1 aromatic heterocycles. The van der Waals surface area contributed by atoms with E-state index in [4.69, 9.17) is 5.53 Å². The van der Waals surface area contributed by atoms with Gasteiger partial charge in [0.1, 0.15) is 6.10 Å².